The summed E-state index contributed by atoms with van der Waals surface area (Å²) in [6.45, 7) is 3.20. The number of nitrogens with zero attached hydrogens (tertiary/aromatic N) is 2. The van der Waals surface area contributed by atoms with E-state index in [1.165, 1.54) is 14.2 Å². The number of rotatable bonds is 7. The van der Waals surface area contributed by atoms with Crippen LogP contribution in [0.15, 0.2) is 5.10 Å². The molecule has 0 unspecified atom stereocenters. The maximum atomic E-state index is 11.7. The Labute approximate surface area is 125 Å². The highest BCUT2D eigenvalue weighted by molar-refractivity contribution is 5.97. The third-order valence-corrected chi connectivity index (χ3v) is 3.59. The highest BCUT2D eigenvalue weighted by atomic mass is 16.5. The van der Waals surface area contributed by atoms with Crippen LogP contribution in [-0.4, -0.2) is 63.7 Å². The normalized spacial score (nSPS) is 20.0. The Morgan fingerprint density at radius 2 is 1.90 bits per heavy atom. The van der Waals surface area contributed by atoms with Crippen LogP contribution in [0, 0.1) is 11.8 Å². The molecule has 2 atom stereocenters. The predicted octanol–water partition coefficient (Wildman–Crippen LogP) is 0.681. The van der Waals surface area contributed by atoms with Crippen LogP contribution in [0.25, 0.3) is 0 Å². The first kappa shape index (κ1) is 17.4. The molecule has 0 amide bonds. The van der Waals surface area contributed by atoms with Crippen molar-refractivity contribution in [1.82, 2.24) is 5.01 Å². The molecule has 1 saturated heterocycles. The number of hydrogen-bond donors (Lipinski definition) is 0. The number of ether oxygens (including phenoxy) is 3. The number of hydrogen-bond acceptors (Lipinski definition) is 7. The first-order chi connectivity index (χ1) is 10.0. The standard InChI is InChI=1S/C14H24N2O5/c1-10(12(13(17)20-3)14(18)21-4)8-15-16-7-5-6-11(16)9-19-2/h8,10-12H,5-7,9H2,1-4H3/b15-8+/t10-,11-/m0/s1. The van der Waals surface area contributed by atoms with Gasteiger partial charge in [-0.15, -0.1) is 0 Å². The molecule has 7 nitrogen and oxygen atoms in total. The van der Waals surface area contributed by atoms with Gasteiger partial charge in [0.1, 0.15) is 0 Å². The number of methoxy groups -OCH3 is 3. The smallest absolute Gasteiger partial charge is 0.320 e. The van der Waals surface area contributed by atoms with Crippen LogP contribution in [0.5, 0.6) is 0 Å². The van der Waals surface area contributed by atoms with Gasteiger partial charge in [0, 0.05) is 25.8 Å². The van der Waals surface area contributed by atoms with Crippen LogP contribution in [0.1, 0.15) is 19.8 Å². The van der Waals surface area contributed by atoms with Crippen molar-refractivity contribution in [2.75, 3.05) is 34.5 Å². The molecular weight excluding hydrogens is 276 g/mol. The fourth-order valence-electron chi connectivity index (χ4n) is 2.39. The van der Waals surface area contributed by atoms with Crippen LogP contribution in [-0.2, 0) is 23.8 Å². The molecule has 0 N–H and O–H groups in total. The summed E-state index contributed by atoms with van der Waals surface area (Å²) in [5, 5.41) is 6.33. The van der Waals surface area contributed by atoms with E-state index in [2.05, 4.69) is 14.6 Å². The maximum Gasteiger partial charge on any atom is 0.320 e. The molecule has 0 bridgehead atoms. The Morgan fingerprint density at radius 1 is 1.29 bits per heavy atom. The van der Waals surface area contributed by atoms with Crippen LogP contribution in [0.2, 0.25) is 0 Å². The van der Waals surface area contributed by atoms with Crippen molar-refractivity contribution in [3.05, 3.63) is 0 Å². The summed E-state index contributed by atoms with van der Waals surface area (Å²) < 4.78 is 14.5. The van der Waals surface area contributed by atoms with Crippen molar-refractivity contribution < 1.29 is 23.8 Å². The lowest BCUT2D eigenvalue weighted by molar-refractivity contribution is -0.160. The zero-order chi connectivity index (χ0) is 15.8. The van der Waals surface area contributed by atoms with Crippen LogP contribution in [0.4, 0.5) is 0 Å². The molecule has 1 rings (SSSR count). The molecule has 1 fully saturated rings. The van der Waals surface area contributed by atoms with Crippen molar-refractivity contribution in [3.8, 4) is 0 Å². The first-order valence-electron chi connectivity index (χ1n) is 7.00. The van der Waals surface area contributed by atoms with Gasteiger partial charge in [0.15, 0.2) is 5.92 Å². The molecule has 7 heteroatoms. The van der Waals surface area contributed by atoms with Gasteiger partial charge in [0.05, 0.1) is 26.9 Å². The van der Waals surface area contributed by atoms with E-state index >= 15 is 0 Å². The summed E-state index contributed by atoms with van der Waals surface area (Å²) in [6, 6.07) is 0.244. The Balaban J connectivity index is 2.71. The van der Waals surface area contributed by atoms with Gasteiger partial charge in [-0.25, -0.2) is 0 Å². The zero-order valence-electron chi connectivity index (χ0n) is 13.1. The van der Waals surface area contributed by atoms with Gasteiger partial charge >= 0.3 is 11.9 Å². The minimum Gasteiger partial charge on any atom is -0.468 e. The zero-order valence-corrected chi connectivity index (χ0v) is 13.1. The van der Waals surface area contributed by atoms with Crippen LogP contribution in [0.3, 0.4) is 0 Å². The molecule has 0 radical (unpaired) electrons. The molecule has 0 aromatic rings. The quantitative estimate of drug-likeness (QED) is 0.391. The fraction of sp³-hybridized carbons (Fsp3) is 0.786. The average Bonchev–Trinajstić information content (AvgIpc) is 2.92. The molecule has 0 saturated carbocycles. The maximum absolute atomic E-state index is 11.7. The van der Waals surface area contributed by atoms with Gasteiger partial charge in [-0.2, -0.15) is 5.10 Å². The lowest BCUT2D eigenvalue weighted by Crippen LogP contribution is -2.34. The fourth-order valence-corrected chi connectivity index (χ4v) is 2.39. The van der Waals surface area contributed by atoms with E-state index in [-0.39, 0.29) is 6.04 Å². The van der Waals surface area contributed by atoms with E-state index in [0.717, 1.165) is 19.4 Å². The van der Waals surface area contributed by atoms with E-state index in [0.29, 0.717) is 6.61 Å². The first-order valence-corrected chi connectivity index (χ1v) is 7.00. The van der Waals surface area contributed by atoms with E-state index in [1.807, 2.05) is 5.01 Å². The van der Waals surface area contributed by atoms with Crippen molar-refractivity contribution in [3.63, 3.8) is 0 Å². The van der Waals surface area contributed by atoms with Gasteiger partial charge < -0.3 is 14.2 Å². The SMILES string of the molecule is COC[C@@H]1CCCN1/N=C/[C@H](C)C(C(=O)OC)C(=O)OC. The predicted molar refractivity (Wildman–Crippen MR) is 76.8 cm³/mol. The van der Waals surface area contributed by atoms with Gasteiger partial charge in [0.2, 0.25) is 0 Å². The second kappa shape index (κ2) is 8.61. The van der Waals surface area contributed by atoms with Gasteiger partial charge in [-0.05, 0) is 12.8 Å². The third kappa shape index (κ3) is 4.70. The molecule has 120 valence electrons. The van der Waals surface area contributed by atoms with E-state index < -0.39 is 23.8 Å². The lowest BCUT2D eigenvalue weighted by Gasteiger charge is -2.22. The highest BCUT2D eigenvalue weighted by Gasteiger charge is 2.34. The van der Waals surface area contributed by atoms with E-state index in [4.69, 9.17) is 4.74 Å². The van der Waals surface area contributed by atoms with Crippen LogP contribution < -0.4 is 0 Å². The largest absolute Gasteiger partial charge is 0.468 e. The Hall–Kier alpha value is -1.63. The monoisotopic (exact) mass is 300 g/mol. The average molecular weight is 300 g/mol. The van der Waals surface area contributed by atoms with Crippen LogP contribution >= 0.6 is 0 Å². The summed E-state index contributed by atoms with van der Waals surface area (Å²) in [4.78, 5) is 23.4. The molecule has 21 heavy (non-hydrogen) atoms. The summed E-state index contributed by atoms with van der Waals surface area (Å²) in [5.41, 5.74) is 0. The molecule has 0 aliphatic carbocycles. The molecule has 0 aromatic carbocycles. The molecule has 0 spiro atoms. The van der Waals surface area contributed by atoms with Crippen molar-refractivity contribution >= 4 is 18.2 Å². The third-order valence-electron chi connectivity index (χ3n) is 3.59. The summed E-state index contributed by atoms with van der Waals surface area (Å²) in [7, 11) is 4.15. The molecular formula is C14H24N2O5. The van der Waals surface area contributed by atoms with Gasteiger partial charge in [-0.3, -0.25) is 14.6 Å². The van der Waals surface area contributed by atoms with Crippen molar-refractivity contribution in [2.45, 2.75) is 25.8 Å². The molecule has 1 aliphatic heterocycles. The lowest BCUT2D eigenvalue weighted by atomic mass is 9.95. The minimum atomic E-state index is -0.993. The molecule has 1 heterocycles. The number of esters is 2. The summed E-state index contributed by atoms with van der Waals surface area (Å²) >= 11 is 0. The minimum absolute atomic E-state index is 0.244. The van der Waals surface area contributed by atoms with E-state index in [1.54, 1.807) is 20.2 Å². The van der Waals surface area contributed by atoms with E-state index in [9.17, 15) is 9.59 Å². The Kier molecular flexibility index (Phi) is 7.14. The second-order valence-corrected chi connectivity index (χ2v) is 5.06. The topological polar surface area (TPSA) is 77.4 Å². The summed E-state index contributed by atoms with van der Waals surface area (Å²) in [6.07, 6.45) is 3.68. The van der Waals surface area contributed by atoms with Crippen molar-refractivity contribution in [1.29, 1.82) is 0 Å². The Bertz CT molecular complexity index is 370. The number of carbonyl (C=O) groups is 2. The highest BCUT2D eigenvalue weighted by Crippen LogP contribution is 2.19. The second-order valence-electron chi connectivity index (χ2n) is 5.06. The number of hydrazone groups is 1. The summed E-state index contributed by atoms with van der Waals surface area (Å²) in [5.74, 6) is -2.63. The number of carbonyl (C=O) groups excluding carboxylic acids is 2. The van der Waals surface area contributed by atoms with Gasteiger partial charge in [0.25, 0.3) is 0 Å². The molecule has 0 aromatic heterocycles. The Morgan fingerprint density at radius 3 is 2.43 bits per heavy atom. The molecule has 1 aliphatic rings. The van der Waals surface area contributed by atoms with Gasteiger partial charge in [-0.1, -0.05) is 6.92 Å². The van der Waals surface area contributed by atoms with Crippen molar-refractivity contribution in [2.24, 2.45) is 16.9 Å².